The predicted octanol–water partition coefficient (Wildman–Crippen LogP) is 0.0850. The Bertz CT molecular complexity index is 296. The van der Waals surface area contributed by atoms with Gasteiger partial charge in [0.1, 0.15) is 0 Å². The Balaban J connectivity index is -0.000000480. The topological polar surface area (TPSA) is 112 Å². The number of nitro benzene ring substituents is 1. The van der Waals surface area contributed by atoms with Gasteiger partial charge in [0.2, 0.25) is 0 Å². The molecular weight excluding hydrogens is 375 g/mol. The molecule has 0 fully saturated rings. The van der Waals surface area contributed by atoms with Gasteiger partial charge in [0, 0.05) is 98.1 Å². The van der Waals surface area contributed by atoms with E-state index in [1.807, 2.05) is 0 Å². The van der Waals surface area contributed by atoms with Crippen LogP contribution in [0.1, 0.15) is 10.4 Å². The molecule has 0 amide bonds. The average molecular weight is 382 g/mol. The molecule has 0 spiro atoms. The van der Waals surface area contributed by atoms with Crippen molar-refractivity contribution in [2.75, 3.05) is 0 Å². The summed E-state index contributed by atoms with van der Waals surface area (Å²) < 4.78 is 0. The number of hydrogen-bond acceptors (Lipinski definition) is 3. The fourth-order valence-electron chi connectivity index (χ4n) is 0.726. The van der Waals surface area contributed by atoms with E-state index >= 15 is 0 Å². The molecule has 0 unspecified atom stereocenters. The van der Waals surface area contributed by atoms with Gasteiger partial charge in [-0.1, -0.05) is 0 Å². The summed E-state index contributed by atoms with van der Waals surface area (Å²) >= 11 is 0. The van der Waals surface area contributed by atoms with E-state index in [0.29, 0.717) is 0 Å². The Kier molecular flexibility index (Phi) is 13.7. The second-order valence-electron chi connectivity index (χ2n) is 2.11. The van der Waals surface area contributed by atoms with Crippen LogP contribution in [0, 0.1) is 10.1 Å². The van der Waals surface area contributed by atoms with Crippen LogP contribution in [0.3, 0.4) is 0 Å². The second-order valence-corrected chi connectivity index (χ2v) is 2.11. The van der Waals surface area contributed by atoms with E-state index in [-0.39, 0.29) is 103 Å². The molecule has 8 heteroatoms. The van der Waals surface area contributed by atoms with Gasteiger partial charge in [-0.05, 0) is 12.1 Å². The number of non-ortho nitro benzene ring substituents is 1. The summed E-state index contributed by atoms with van der Waals surface area (Å²) in [6, 6.07) is 4.70. The Hall–Kier alpha value is 0.621. The molecule has 6 nitrogen and oxygen atoms in total. The van der Waals surface area contributed by atoms with Crippen LogP contribution in [0.2, 0.25) is 0 Å². The molecule has 2 radical (unpaired) electrons. The largest absolute Gasteiger partial charge is 0.478 e. The molecule has 0 bridgehead atoms. The minimum absolute atomic E-state index is 0. The second kappa shape index (κ2) is 9.82. The number of nitro groups is 1. The smallest absolute Gasteiger partial charge is 0.335 e. The van der Waals surface area contributed by atoms with Crippen LogP contribution in [-0.4, -0.2) is 90.4 Å². The number of carboxylic acid groups (broad SMARTS) is 1. The zero-order valence-corrected chi connectivity index (χ0v) is 15.0. The fourth-order valence-corrected chi connectivity index (χ4v) is 0.726. The monoisotopic (exact) mass is 381 g/mol. The molecule has 1 aromatic carbocycles. The molecule has 0 atom stereocenters. The normalized spacial score (nSPS) is 7.47. The first-order valence-electron chi connectivity index (χ1n) is 3.09. The SMILES string of the molecule is O.O=C(O)c1ccc([N+](=O)[O-])cc1.[Cs].[Cu]. The Morgan fingerprint density at radius 1 is 1.27 bits per heavy atom. The standard InChI is InChI=1S/C7H5NO4.Cs.Cu.H2O/c9-7(10)5-1-3-6(4-2-5)8(11)12;;;/h1-4H,(H,9,10);;;1H2. The van der Waals surface area contributed by atoms with Crippen LogP contribution >= 0.6 is 0 Å². The molecule has 0 aliphatic heterocycles. The van der Waals surface area contributed by atoms with Crippen molar-refractivity contribution in [2.24, 2.45) is 0 Å². The van der Waals surface area contributed by atoms with Crippen molar-refractivity contribution < 1.29 is 37.4 Å². The maximum Gasteiger partial charge on any atom is 0.335 e. The summed E-state index contributed by atoms with van der Waals surface area (Å²) in [6.07, 6.45) is 0. The van der Waals surface area contributed by atoms with Crippen LogP contribution in [0.5, 0.6) is 0 Å². The number of nitrogens with zero attached hydrogens (tertiary/aromatic N) is 1. The summed E-state index contributed by atoms with van der Waals surface area (Å²) in [5.74, 6) is -1.09. The van der Waals surface area contributed by atoms with Crippen molar-refractivity contribution in [1.82, 2.24) is 0 Å². The number of carboxylic acids is 1. The van der Waals surface area contributed by atoms with E-state index in [9.17, 15) is 14.9 Å². The molecule has 3 N–H and O–H groups in total. The van der Waals surface area contributed by atoms with Gasteiger partial charge in [0.05, 0.1) is 10.5 Å². The minimum atomic E-state index is -1.09. The van der Waals surface area contributed by atoms with Crippen molar-refractivity contribution in [3.8, 4) is 0 Å². The van der Waals surface area contributed by atoms with E-state index in [2.05, 4.69) is 0 Å². The summed E-state index contributed by atoms with van der Waals surface area (Å²) in [7, 11) is 0. The fraction of sp³-hybridized carbons (Fsp3) is 0. The van der Waals surface area contributed by atoms with Gasteiger partial charge < -0.3 is 10.6 Å². The number of hydrogen-bond donors (Lipinski definition) is 1. The van der Waals surface area contributed by atoms with Gasteiger partial charge in [-0.25, -0.2) is 4.79 Å². The first kappa shape index (κ1) is 21.0. The molecule has 82 valence electrons. The van der Waals surface area contributed by atoms with E-state index in [1.54, 1.807) is 0 Å². The third-order valence-corrected chi connectivity index (χ3v) is 1.33. The van der Waals surface area contributed by atoms with Crippen molar-refractivity contribution in [2.45, 2.75) is 0 Å². The summed E-state index contributed by atoms with van der Waals surface area (Å²) in [5.41, 5.74) is -0.0689. The Morgan fingerprint density at radius 2 is 1.67 bits per heavy atom. The zero-order chi connectivity index (χ0) is 9.14. The van der Waals surface area contributed by atoms with E-state index in [1.165, 1.54) is 12.1 Å². The van der Waals surface area contributed by atoms with Crippen molar-refractivity contribution in [3.63, 3.8) is 0 Å². The molecule has 0 heterocycles. The van der Waals surface area contributed by atoms with Crippen molar-refractivity contribution in [1.29, 1.82) is 0 Å². The molecule has 0 aliphatic carbocycles. The van der Waals surface area contributed by atoms with Crippen LogP contribution < -0.4 is 0 Å². The quantitative estimate of drug-likeness (QED) is 0.444. The van der Waals surface area contributed by atoms with Gasteiger partial charge in [-0.15, -0.1) is 0 Å². The number of benzene rings is 1. The molecule has 1 rings (SSSR count). The van der Waals surface area contributed by atoms with E-state index < -0.39 is 10.9 Å². The minimum Gasteiger partial charge on any atom is -0.478 e. The Morgan fingerprint density at radius 3 is 1.93 bits per heavy atom. The summed E-state index contributed by atoms with van der Waals surface area (Å²) in [6.45, 7) is 0. The van der Waals surface area contributed by atoms with Gasteiger partial charge in [-0.2, -0.15) is 0 Å². The van der Waals surface area contributed by atoms with Crippen LogP contribution in [0.15, 0.2) is 24.3 Å². The van der Waals surface area contributed by atoms with Gasteiger partial charge in [-0.3, -0.25) is 10.1 Å². The molecule has 15 heavy (non-hydrogen) atoms. The molecule has 1 aromatic rings. The summed E-state index contributed by atoms with van der Waals surface area (Å²) in [5, 5.41) is 18.6. The van der Waals surface area contributed by atoms with Gasteiger partial charge >= 0.3 is 5.97 Å². The van der Waals surface area contributed by atoms with Crippen molar-refractivity contribution >= 4 is 80.6 Å². The average Bonchev–Trinajstić information content (AvgIpc) is 2.04. The number of rotatable bonds is 2. The van der Waals surface area contributed by atoms with Crippen molar-refractivity contribution in [3.05, 3.63) is 39.9 Å². The first-order chi connectivity index (χ1) is 5.61. The number of carbonyl (C=O) groups is 1. The van der Waals surface area contributed by atoms with Crippen LogP contribution in [-0.2, 0) is 17.1 Å². The van der Waals surface area contributed by atoms with Crippen LogP contribution in [0.4, 0.5) is 5.69 Å². The predicted molar refractivity (Wildman–Crippen MR) is 49.4 cm³/mol. The van der Waals surface area contributed by atoms with E-state index in [4.69, 9.17) is 5.11 Å². The third kappa shape index (κ3) is 6.72. The molecule has 0 aliphatic rings. The molecule has 0 aromatic heterocycles. The molecule has 0 saturated carbocycles. The Labute approximate surface area is 155 Å². The molecule has 0 saturated heterocycles. The van der Waals surface area contributed by atoms with Gasteiger partial charge in [0.15, 0.2) is 0 Å². The third-order valence-electron chi connectivity index (χ3n) is 1.33. The molecular formula is C7H7CsCuNO5. The van der Waals surface area contributed by atoms with Gasteiger partial charge in [0.25, 0.3) is 5.69 Å². The maximum atomic E-state index is 10.3. The summed E-state index contributed by atoms with van der Waals surface area (Å²) in [4.78, 5) is 19.9. The zero-order valence-electron chi connectivity index (χ0n) is 7.73. The first-order valence-corrected chi connectivity index (χ1v) is 3.09. The number of aromatic carboxylic acids is 1. The van der Waals surface area contributed by atoms with E-state index in [0.717, 1.165) is 12.1 Å². The van der Waals surface area contributed by atoms with Crippen LogP contribution in [0.25, 0.3) is 0 Å². The maximum absolute atomic E-state index is 10.3.